The Morgan fingerprint density at radius 1 is 1.50 bits per heavy atom. The third-order valence-electron chi connectivity index (χ3n) is 2.09. The Morgan fingerprint density at radius 2 is 2.44 bits per heavy atom. The first-order valence-corrected chi connectivity index (χ1v) is 5.98. The minimum Gasteiger partial charge on any atom is -0.389 e. The lowest BCUT2D eigenvalue weighted by Gasteiger charge is -2.10. The van der Waals surface area contributed by atoms with Gasteiger partial charge in [-0.25, -0.2) is 0 Å². The van der Waals surface area contributed by atoms with Crippen LogP contribution in [0.3, 0.4) is 0 Å². The normalized spacial score (nSPS) is 12.8. The molecule has 0 saturated carbocycles. The van der Waals surface area contributed by atoms with Crippen LogP contribution in [0, 0.1) is 0 Å². The van der Waals surface area contributed by atoms with Gasteiger partial charge < -0.3 is 9.84 Å². The quantitative estimate of drug-likeness (QED) is 0.830. The molecule has 5 heteroatoms. The van der Waals surface area contributed by atoms with Gasteiger partial charge in [0.15, 0.2) is 0 Å². The van der Waals surface area contributed by atoms with E-state index < -0.39 is 6.10 Å². The van der Waals surface area contributed by atoms with Gasteiger partial charge in [0.25, 0.3) is 0 Å². The molecule has 2 rings (SSSR count). The summed E-state index contributed by atoms with van der Waals surface area (Å²) in [6.45, 7) is 1.36. The summed E-state index contributed by atoms with van der Waals surface area (Å²) in [6.07, 6.45) is 3.00. The van der Waals surface area contributed by atoms with Gasteiger partial charge in [0.2, 0.25) is 0 Å². The van der Waals surface area contributed by atoms with Crippen LogP contribution in [-0.4, -0.2) is 27.6 Å². The zero-order valence-corrected chi connectivity index (χ0v) is 9.64. The number of ether oxygens (including phenoxy) is 1. The van der Waals surface area contributed by atoms with Crippen molar-refractivity contribution < 1.29 is 9.84 Å². The molecule has 0 bridgehead atoms. The maximum Gasteiger partial charge on any atom is 0.0969 e. The average Bonchev–Trinajstić information content (AvgIpc) is 2.90. The standard InChI is InChI=1S/C11H14N2O2S/c14-10(7-13-5-2-4-12-13)8-15-9-11-3-1-6-16-11/h1-6,10,14H,7-9H2. The highest BCUT2D eigenvalue weighted by molar-refractivity contribution is 7.09. The molecule has 0 saturated heterocycles. The summed E-state index contributed by atoms with van der Waals surface area (Å²) >= 11 is 1.66. The minimum atomic E-state index is -0.514. The van der Waals surface area contributed by atoms with Crippen molar-refractivity contribution in [1.29, 1.82) is 0 Å². The molecule has 0 amide bonds. The summed E-state index contributed by atoms with van der Waals surface area (Å²) in [5, 5.41) is 15.7. The molecule has 2 aromatic heterocycles. The molecule has 1 atom stereocenters. The molecule has 0 aliphatic carbocycles. The predicted molar refractivity (Wildman–Crippen MR) is 62.2 cm³/mol. The first-order valence-electron chi connectivity index (χ1n) is 5.10. The van der Waals surface area contributed by atoms with Crippen molar-refractivity contribution in [3.8, 4) is 0 Å². The van der Waals surface area contributed by atoms with Crippen LogP contribution < -0.4 is 0 Å². The summed E-state index contributed by atoms with van der Waals surface area (Å²) in [5.41, 5.74) is 0. The zero-order valence-electron chi connectivity index (χ0n) is 8.82. The Balaban J connectivity index is 1.66. The molecule has 2 aromatic rings. The number of thiophene rings is 1. The highest BCUT2D eigenvalue weighted by atomic mass is 32.1. The molecule has 4 nitrogen and oxygen atoms in total. The van der Waals surface area contributed by atoms with Crippen LogP contribution in [0.5, 0.6) is 0 Å². The van der Waals surface area contributed by atoms with E-state index in [4.69, 9.17) is 4.74 Å². The second kappa shape index (κ2) is 5.79. The second-order valence-corrected chi connectivity index (χ2v) is 4.51. The molecule has 2 heterocycles. The van der Waals surface area contributed by atoms with Crippen LogP contribution in [0.1, 0.15) is 4.88 Å². The Kier molecular flexibility index (Phi) is 4.10. The molecule has 0 aliphatic heterocycles. The fourth-order valence-electron chi connectivity index (χ4n) is 1.37. The van der Waals surface area contributed by atoms with Crippen molar-refractivity contribution >= 4 is 11.3 Å². The Bertz CT molecular complexity index is 386. The molecule has 0 spiro atoms. The van der Waals surface area contributed by atoms with Crippen molar-refractivity contribution in [3.05, 3.63) is 40.8 Å². The van der Waals surface area contributed by atoms with Gasteiger partial charge in [-0.2, -0.15) is 5.10 Å². The van der Waals surface area contributed by atoms with Crippen molar-refractivity contribution in [1.82, 2.24) is 9.78 Å². The predicted octanol–water partition coefficient (Wildman–Crippen LogP) is 1.52. The molecule has 0 fully saturated rings. The SMILES string of the molecule is OC(COCc1cccs1)Cn1cccn1. The Morgan fingerprint density at radius 3 is 3.12 bits per heavy atom. The molecule has 86 valence electrons. The summed E-state index contributed by atoms with van der Waals surface area (Å²) in [6, 6.07) is 5.84. The van der Waals surface area contributed by atoms with Gasteiger partial charge in [-0.05, 0) is 17.5 Å². The lowest BCUT2D eigenvalue weighted by atomic mass is 10.4. The topological polar surface area (TPSA) is 47.3 Å². The number of aromatic nitrogens is 2. The average molecular weight is 238 g/mol. The van der Waals surface area contributed by atoms with Crippen molar-refractivity contribution in [2.75, 3.05) is 6.61 Å². The number of nitrogens with zero attached hydrogens (tertiary/aromatic N) is 2. The fourth-order valence-corrected chi connectivity index (χ4v) is 2.01. The third kappa shape index (κ3) is 3.44. The maximum atomic E-state index is 9.67. The van der Waals surface area contributed by atoms with Gasteiger partial charge in [0, 0.05) is 17.3 Å². The Labute approximate surface area is 98.1 Å². The monoisotopic (exact) mass is 238 g/mol. The fraction of sp³-hybridized carbons (Fsp3) is 0.364. The number of rotatable bonds is 6. The van der Waals surface area contributed by atoms with E-state index in [0.29, 0.717) is 19.8 Å². The molecule has 0 aromatic carbocycles. The molecule has 1 N–H and O–H groups in total. The van der Waals surface area contributed by atoms with E-state index in [0.717, 1.165) is 0 Å². The molecular formula is C11H14N2O2S. The van der Waals surface area contributed by atoms with E-state index in [9.17, 15) is 5.11 Å². The Hall–Kier alpha value is -1.17. The van der Waals surface area contributed by atoms with Gasteiger partial charge in [-0.15, -0.1) is 11.3 Å². The summed E-state index contributed by atoms with van der Waals surface area (Å²) in [5.74, 6) is 0. The third-order valence-corrected chi connectivity index (χ3v) is 2.94. The maximum absolute atomic E-state index is 9.67. The van der Waals surface area contributed by atoms with Crippen LogP contribution >= 0.6 is 11.3 Å². The molecule has 16 heavy (non-hydrogen) atoms. The summed E-state index contributed by atoms with van der Waals surface area (Å²) in [4.78, 5) is 1.17. The van der Waals surface area contributed by atoms with Gasteiger partial charge in [0.1, 0.15) is 0 Å². The number of aliphatic hydroxyl groups is 1. The van der Waals surface area contributed by atoms with E-state index in [1.165, 1.54) is 4.88 Å². The largest absolute Gasteiger partial charge is 0.389 e. The van der Waals surface area contributed by atoms with E-state index in [-0.39, 0.29) is 0 Å². The van der Waals surface area contributed by atoms with Crippen molar-refractivity contribution in [3.63, 3.8) is 0 Å². The molecular weight excluding hydrogens is 224 g/mol. The van der Waals surface area contributed by atoms with E-state index in [1.54, 1.807) is 22.2 Å². The van der Waals surface area contributed by atoms with E-state index in [1.807, 2.05) is 29.8 Å². The van der Waals surface area contributed by atoms with Crippen LogP contribution in [0.25, 0.3) is 0 Å². The molecule has 0 radical (unpaired) electrons. The minimum absolute atomic E-state index is 0.331. The first-order chi connectivity index (χ1) is 7.84. The summed E-state index contributed by atoms with van der Waals surface area (Å²) < 4.78 is 7.10. The van der Waals surface area contributed by atoms with Crippen LogP contribution in [0.15, 0.2) is 36.0 Å². The van der Waals surface area contributed by atoms with Crippen LogP contribution in [0.4, 0.5) is 0 Å². The van der Waals surface area contributed by atoms with Crippen LogP contribution in [0.2, 0.25) is 0 Å². The number of hydrogen-bond donors (Lipinski definition) is 1. The zero-order chi connectivity index (χ0) is 11.2. The van der Waals surface area contributed by atoms with Gasteiger partial charge in [-0.1, -0.05) is 6.07 Å². The van der Waals surface area contributed by atoms with Crippen LogP contribution in [-0.2, 0) is 17.9 Å². The van der Waals surface area contributed by atoms with Gasteiger partial charge >= 0.3 is 0 Å². The van der Waals surface area contributed by atoms with Gasteiger partial charge in [0.05, 0.1) is 25.9 Å². The lowest BCUT2D eigenvalue weighted by Crippen LogP contribution is -2.22. The van der Waals surface area contributed by atoms with Crippen molar-refractivity contribution in [2.24, 2.45) is 0 Å². The molecule has 0 aliphatic rings. The molecule has 1 unspecified atom stereocenters. The van der Waals surface area contributed by atoms with Crippen molar-refractivity contribution in [2.45, 2.75) is 19.3 Å². The number of aliphatic hydroxyl groups excluding tert-OH is 1. The number of hydrogen-bond acceptors (Lipinski definition) is 4. The lowest BCUT2D eigenvalue weighted by molar-refractivity contribution is 0.0196. The first kappa shape index (κ1) is 11.3. The van der Waals surface area contributed by atoms with E-state index in [2.05, 4.69) is 5.10 Å². The second-order valence-electron chi connectivity index (χ2n) is 3.48. The highest BCUT2D eigenvalue weighted by Crippen LogP contribution is 2.09. The van der Waals surface area contributed by atoms with Gasteiger partial charge in [-0.3, -0.25) is 4.68 Å². The highest BCUT2D eigenvalue weighted by Gasteiger charge is 2.05. The smallest absolute Gasteiger partial charge is 0.0969 e. The summed E-state index contributed by atoms with van der Waals surface area (Å²) in [7, 11) is 0. The van der Waals surface area contributed by atoms with E-state index >= 15 is 0 Å².